The molecule has 2 heterocycles. The largest absolute Gasteiger partial charge is 0.422 e. The third-order valence-electron chi connectivity index (χ3n) is 4.01. The highest BCUT2D eigenvalue weighted by Gasteiger charge is 2.14. The fourth-order valence-electron chi connectivity index (χ4n) is 2.84. The predicted molar refractivity (Wildman–Crippen MR) is 93.7 cm³/mol. The van der Waals surface area contributed by atoms with E-state index in [4.69, 9.17) is 10.2 Å². The van der Waals surface area contributed by atoms with Gasteiger partial charge in [0.05, 0.1) is 5.56 Å². The van der Waals surface area contributed by atoms with Gasteiger partial charge in [-0.3, -0.25) is 0 Å². The average Bonchev–Trinajstić information content (AvgIpc) is 2.62. The molecule has 0 unspecified atom stereocenters. The van der Waals surface area contributed by atoms with Gasteiger partial charge in [0, 0.05) is 22.7 Å². The average molecular weight is 331 g/mol. The van der Waals surface area contributed by atoms with Crippen LogP contribution >= 0.6 is 0 Å². The molecule has 0 amide bonds. The molecule has 4 rings (SSSR count). The molecule has 0 saturated carbocycles. The smallest absolute Gasteiger partial charge is 0.344 e. The fraction of sp³-hybridized carbons (Fsp3) is 0.0556. The van der Waals surface area contributed by atoms with Crippen molar-refractivity contribution in [3.05, 3.63) is 64.8 Å². The molecule has 2 aromatic heterocycles. The van der Waals surface area contributed by atoms with Gasteiger partial charge in [0.15, 0.2) is 6.33 Å². The van der Waals surface area contributed by atoms with Crippen LogP contribution in [-0.4, -0.2) is 20.4 Å². The zero-order valence-electron chi connectivity index (χ0n) is 13.3. The molecule has 7 heteroatoms. The number of anilines is 1. The minimum Gasteiger partial charge on any atom is -0.422 e. The lowest BCUT2D eigenvalue weighted by molar-refractivity contribution is 0.562. The summed E-state index contributed by atoms with van der Waals surface area (Å²) in [4.78, 5) is 12.6. The first-order chi connectivity index (χ1) is 12.1. The van der Waals surface area contributed by atoms with Crippen molar-refractivity contribution in [1.29, 1.82) is 0 Å². The maximum Gasteiger partial charge on any atom is 0.344 e. The molecule has 0 aliphatic carbocycles. The van der Waals surface area contributed by atoms with Crippen LogP contribution in [0.25, 0.3) is 33.5 Å². The van der Waals surface area contributed by atoms with E-state index in [0.717, 1.165) is 16.5 Å². The molecule has 0 aliphatic rings. The van der Waals surface area contributed by atoms with E-state index in [0.29, 0.717) is 28.2 Å². The highest BCUT2D eigenvalue weighted by molar-refractivity contribution is 5.88. The second-order valence-corrected chi connectivity index (χ2v) is 5.60. The lowest BCUT2D eigenvalue weighted by atomic mass is 9.98. The first-order valence-corrected chi connectivity index (χ1v) is 7.57. The molecule has 0 aliphatic heterocycles. The molecule has 0 bridgehead atoms. The molecule has 2 aromatic carbocycles. The van der Waals surface area contributed by atoms with Crippen molar-refractivity contribution in [2.75, 3.05) is 5.73 Å². The lowest BCUT2D eigenvalue weighted by Gasteiger charge is -2.09. The van der Waals surface area contributed by atoms with E-state index >= 15 is 0 Å². The highest BCUT2D eigenvalue weighted by Crippen LogP contribution is 2.29. The van der Waals surface area contributed by atoms with Gasteiger partial charge >= 0.3 is 5.63 Å². The molecule has 122 valence electrons. The molecule has 0 spiro atoms. The molecule has 7 nitrogen and oxygen atoms in total. The minimum atomic E-state index is -0.419. The number of nitrogen functional groups attached to an aromatic ring is 1. The number of nitrogens with two attached hydrogens (primary N) is 1. The maximum absolute atomic E-state index is 12.6. The Morgan fingerprint density at radius 3 is 2.56 bits per heavy atom. The van der Waals surface area contributed by atoms with Crippen LogP contribution in [-0.2, 0) is 0 Å². The van der Waals surface area contributed by atoms with Gasteiger partial charge in [-0.15, -0.1) is 20.4 Å². The van der Waals surface area contributed by atoms with E-state index in [9.17, 15) is 4.79 Å². The van der Waals surface area contributed by atoms with Crippen LogP contribution in [0.4, 0.5) is 5.69 Å². The number of rotatable bonds is 2. The van der Waals surface area contributed by atoms with Crippen molar-refractivity contribution in [2.24, 2.45) is 0 Å². The van der Waals surface area contributed by atoms with Crippen LogP contribution < -0.4 is 11.4 Å². The van der Waals surface area contributed by atoms with Gasteiger partial charge < -0.3 is 10.2 Å². The van der Waals surface area contributed by atoms with Gasteiger partial charge in [0.2, 0.25) is 5.82 Å². The zero-order chi connectivity index (χ0) is 17.4. The summed E-state index contributed by atoms with van der Waals surface area (Å²) in [6, 6.07) is 12.6. The number of aromatic nitrogens is 4. The number of benzene rings is 2. The van der Waals surface area contributed by atoms with Gasteiger partial charge in [0.1, 0.15) is 5.58 Å². The second-order valence-electron chi connectivity index (χ2n) is 5.60. The third-order valence-corrected chi connectivity index (χ3v) is 4.01. The quantitative estimate of drug-likeness (QED) is 0.444. The van der Waals surface area contributed by atoms with E-state index in [1.807, 2.05) is 37.3 Å². The summed E-state index contributed by atoms with van der Waals surface area (Å²) >= 11 is 0. The Bertz CT molecular complexity index is 1140. The van der Waals surface area contributed by atoms with E-state index < -0.39 is 5.63 Å². The predicted octanol–water partition coefficient (Wildman–Crippen LogP) is 2.60. The maximum atomic E-state index is 12.6. The topological polar surface area (TPSA) is 108 Å². The Morgan fingerprint density at radius 2 is 1.76 bits per heavy atom. The summed E-state index contributed by atoms with van der Waals surface area (Å²) in [6.45, 7) is 1.89. The van der Waals surface area contributed by atoms with Crippen LogP contribution in [0.5, 0.6) is 0 Å². The molecule has 25 heavy (non-hydrogen) atoms. The van der Waals surface area contributed by atoms with Crippen molar-refractivity contribution in [2.45, 2.75) is 6.92 Å². The SMILES string of the molecule is Cc1c(-c2cccc(-c3nncnn3)c2)c(=O)oc2cc(N)ccc12. The van der Waals surface area contributed by atoms with E-state index in [1.54, 1.807) is 12.1 Å². The lowest BCUT2D eigenvalue weighted by Crippen LogP contribution is -2.06. The Balaban J connectivity index is 1.94. The first-order valence-electron chi connectivity index (χ1n) is 7.57. The molecule has 0 radical (unpaired) electrons. The van der Waals surface area contributed by atoms with Crippen molar-refractivity contribution in [3.8, 4) is 22.5 Å². The molecular weight excluding hydrogens is 318 g/mol. The van der Waals surface area contributed by atoms with Crippen molar-refractivity contribution < 1.29 is 4.42 Å². The van der Waals surface area contributed by atoms with Gasteiger partial charge in [-0.25, -0.2) is 4.79 Å². The molecule has 2 N–H and O–H groups in total. The second kappa shape index (κ2) is 5.79. The van der Waals surface area contributed by atoms with Crippen molar-refractivity contribution in [3.63, 3.8) is 0 Å². The Kier molecular flexibility index (Phi) is 3.46. The van der Waals surface area contributed by atoms with E-state index in [1.165, 1.54) is 6.33 Å². The molecular formula is C18H13N5O2. The number of hydrogen-bond donors (Lipinski definition) is 1. The number of nitrogens with zero attached hydrogens (tertiary/aromatic N) is 4. The number of fused-ring (bicyclic) bond motifs is 1. The summed E-state index contributed by atoms with van der Waals surface area (Å²) in [5.41, 5.74) is 9.13. The monoisotopic (exact) mass is 331 g/mol. The first kappa shape index (κ1) is 14.9. The van der Waals surface area contributed by atoms with Crippen LogP contribution in [0.1, 0.15) is 5.56 Å². The Hall–Kier alpha value is -3.61. The van der Waals surface area contributed by atoms with Gasteiger partial charge in [-0.2, -0.15) is 0 Å². The Morgan fingerprint density at radius 1 is 1.00 bits per heavy atom. The number of aryl methyl sites for hydroxylation is 1. The van der Waals surface area contributed by atoms with Gasteiger partial charge in [0.25, 0.3) is 0 Å². The standard InChI is InChI=1S/C18H13N5O2/c1-10-14-6-5-13(19)8-15(14)25-18(24)16(10)11-3-2-4-12(7-11)17-22-20-9-21-23-17/h2-9H,19H2,1H3. The zero-order valence-corrected chi connectivity index (χ0v) is 13.3. The summed E-state index contributed by atoms with van der Waals surface area (Å²) in [5, 5.41) is 16.2. The van der Waals surface area contributed by atoms with Crippen molar-refractivity contribution in [1.82, 2.24) is 20.4 Å². The van der Waals surface area contributed by atoms with E-state index in [2.05, 4.69) is 20.4 Å². The van der Waals surface area contributed by atoms with Crippen molar-refractivity contribution >= 4 is 16.7 Å². The van der Waals surface area contributed by atoms with Gasteiger partial charge in [-0.1, -0.05) is 18.2 Å². The third kappa shape index (κ3) is 2.61. The molecule has 0 atom stereocenters. The van der Waals surface area contributed by atoms with Crippen LogP contribution in [0.2, 0.25) is 0 Å². The molecule has 0 saturated heterocycles. The highest BCUT2D eigenvalue weighted by atomic mass is 16.4. The Labute approximate surface area is 142 Å². The molecule has 4 aromatic rings. The minimum absolute atomic E-state index is 0.389. The van der Waals surface area contributed by atoms with E-state index in [-0.39, 0.29) is 0 Å². The van der Waals surface area contributed by atoms with Crippen LogP contribution in [0, 0.1) is 6.92 Å². The van der Waals surface area contributed by atoms with Crippen LogP contribution in [0.3, 0.4) is 0 Å². The summed E-state index contributed by atoms with van der Waals surface area (Å²) in [5.74, 6) is 0.389. The summed E-state index contributed by atoms with van der Waals surface area (Å²) < 4.78 is 5.46. The van der Waals surface area contributed by atoms with Gasteiger partial charge in [-0.05, 0) is 36.2 Å². The fourth-order valence-corrected chi connectivity index (χ4v) is 2.84. The van der Waals surface area contributed by atoms with Crippen LogP contribution in [0.15, 0.2) is 58.0 Å². The molecule has 0 fully saturated rings. The number of hydrogen-bond acceptors (Lipinski definition) is 7. The summed E-state index contributed by atoms with van der Waals surface area (Å²) in [6.07, 6.45) is 1.27. The normalized spacial score (nSPS) is 10.9. The summed E-state index contributed by atoms with van der Waals surface area (Å²) in [7, 11) is 0.